The fourth-order valence-corrected chi connectivity index (χ4v) is 2.65. The molecule has 0 radical (unpaired) electrons. The van der Waals surface area contributed by atoms with Gasteiger partial charge < -0.3 is 24.5 Å². The second-order valence-electron chi connectivity index (χ2n) is 6.59. The number of amides is 1. The minimum Gasteiger partial charge on any atom is -0.493 e. The predicted octanol–water partition coefficient (Wildman–Crippen LogP) is 1.99. The van der Waals surface area contributed by atoms with Crippen molar-refractivity contribution in [1.29, 1.82) is 0 Å². The smallest absolute Gasteiger partial charge is 0.417 e. The molecule has 2 aromatic rings. The third-order valence-corrected chi connectivity index (χ3v) is 4.44. The molecular formula is C18H22F3N3O5. The number of benzene rings is 1. The Balaban J connectivity index is 2.34. The van der Waals surface area contributed by atoms with Gasteiger partial charge in [-0.1, -0.05) is 0 Å². The van der Waals surface area contributed by atoms with Crippen LogP contribution in [-0.2, 0) is 11.3 Å². The maximum absolute atomic E-state index is 12.8. The zero-order valence-electron chi connectivity index (χ0n) is 16.4. The zero-order valence-corrected chi connectivity index (χ0v) is 16.4. The van der Waals surface area contributed by atoms with Crippen LogP contribution < -0.4 is 15.0 Å². The van der Waals surface area contributed by atoms with Gasteiger partial charge in [-0.2, -0.15) is 13.2 Å². The Morgan fingerprint density at radius 1 is 1.24 bits per heavy atom. The zero-order chi connectivity index (χ0) is 22.0. The van der Waals surface area contributed by atoms with Crippen LogP contribution >= 0.6 is 0 Å². The number of nitrogens with one attached hydrogen (secondary N) is 1. The molecule has 160 valence electrons. The van der Waals surface area contributed by atoms with Crippen molar-refractivity contribution in [3.05, 3.63) is 28.3 Å². The molecule has 0 unspecified atom stereocenters. The van der Waals surface area contributed by atoms with Gasteiger partial charge in [0.2, 0.25) is 5.91 Å². The van der Waals surface area contributed by atoms with Crippen LogP contribution in [0.15, 0.2) is 16.9 Å². The van der Waals surface area contributed by atoms with Crippen LogP contribution in [-0.4, -0.2) is 58.4 Å². The summed E-state index contributed by atoms with van der Waals surface area (Å²) < 4.78 is 48.9. The van der Waals surface area contributed by atoms with E-state index < -0.39 is 29.7 Å². The molecule has 0 aliphatic heterocycles. The lowest BCUT2D eigenvalue weighted by Crippen LogP contribution is -2.47. The van der Waals surface area contributed by atoms with Crippen molar-refractivity contribution in [2.24, 2.45) is 0 Å². The highest BCUT2D eigenvalue weighted by molar-refractivity contribution is 5.82. The molecule has 1 amide bonds. The van der Waals surface area contributed by atoms with E-state index in [0.717, 1.165) is 4.90 Å². The molecule has 8 nitrogen and oxygen atoms in total. The molecule has 1 aromatic heterocycles. The number of nitrogens with zero attached hydrogens (tertiary/aromatic N) is 2. The van der Waals surface area contributed by atoms with E-state index in [2.05, 4.69) is 9.97 Å². The Bertz CT molecular complexity index is 956. The van der Waals surface area contributed by atoms with Crippen molar-refractivity contribution >= 4 is 16.8 Å². The number of methoxy groups -OCH3 is 2. The van der Waals surface area contributed by atoms with Crippen molar-refractivity contribution in [2.45, 2.75) is 38.6 Å². The molecule has 0 fully saturated rings. The summed E-state index contributed by atoms with van der Waals surface area (Å²) in [6.07, 6.45) is -6.10. The van der Waals surface area contributed by atoms with Crippen LogP contribution in [0.1, 0.15) is 26.1 Å². The molecule has 2 N–H and O–H groups in total. The summed E-state index contributed by atoms with van der Waals surface area (Å²) in [5.74, 6) is -0.171. The number of ether oxygens (including phenoxy) is 2. The van der Waals surface area contributed by atoms with E-state index in [4.69, 9.17) is 9.47 Å². The summed E-state index contributed by atoms with van der Waals surface area (Å²) in [5.41, 5.74) is -3.39. The average Bonchev–Trinajstić information content (AvgIpc) is 2.63. The largest absolute Gasteiger partial charge is 0.493 e. The maximum Gasteiger partial charge on any atom is 0.417 e. The van der Waals surface area contributed by atoms with E-state index in [0.29, 0.717) is 18.4 Å². The lowest BCUT2D eigenvalue weighted by molar-refractivity contribution is -0.254. The second kappa shape index (κ2) is 8.27. The molecule has 0 bridgehead atoms. The van der Waals surface area contributed by atoms with Crippen LogP contribution in [0.25, 0.3) is 10.9 Å². The number of aromatic nitrogens is 2. The fraction of sp³-hybridized carbons (Fsp3) is 0.500. The number of carbonyl (C=O) groups excluding carboxylic acids is 1. The number of H-pyrrole nitrogens is 1. The summed E-state index contributed by atoms with van der Waals surface area (Å²) in [6, 6.07) is 2.94. The number of carbonyl (C=O) groups is 1. The molecule has 1 aromatic carbocycles. The Labute approximate surface area is 164 Å². The van der Waals surface area contributed by atoms with Crippen LogP contribution in [0.4, 0.5) is 13.2 Å². The fourth-order valence-electron chi connectivity index (χ4n) is 2.65. The van der Waals surface area contributed by atoms with Crippen molar-refractivity contribution < 1.29 is 32.5 Å². The third-order valence-electron chi connectivity index (χ3n) is 4.44. The topological polar surface area (TPSA) is 105 Å². The maximum atomic E-state index is 12.8. The number of aliphatic hydroxyl groups is 1. The van der Waals surface area contributed by atoms with Gasteiger partial charge in [-0.15, -0.1) is 0 Å². The molecule has 1 atom stereocenters. The minimum absolute atomic E-state index is 0.0560. The van der Waals surface area contributed by atoms with Gasteiger partial charge in [0.25, 0.3) is 5.56 Å². The first-order valence-electron chi connectivity index (χ1n) is 8.65. The van der Waals surface area contributed by atoms with Gasteiger partial charge >= 0.3 is 6.18 Å². The van der Waals surface area contributed by atoms with Gasteiger partial charge in [0.15, 0.2) is 17.1 Å². The van der Waals surface area contributed by atoms with Gasteiger partial charge in [-0.3, -0.25) is 9.59 Å². The van der Waals surface area contributed by atoms with Crippen LogP contribution in [0.3, 0.4) is 0 Å². The highest BCUT2D eigenvalue weighted by atomic mass is 19.4. The van der Waals surface area contributed by atoms with Crippen molar-refractivity contribution in [3.8, 4) is 11.5 Å². The summed E-state index contributed by atoms with van der Waals surface area (Å²) in [5, 5.41) is 9.78. The summed E-state index contributed by atoms with van der Waals surface area (Å²) in [6.45, 7) is 1.92. The molecule has 0 saturated heterocycles. The molecule has 11 heteroatoms. The number of halogens is 3. The first-order valence-corrected chi connectivity index (χ1v) is 8.65. The van der Waals surface area contributed by atoms with Gasteiger partial charge in [-0.25, -0.2) is 4.98 Å². The quantitative estimate of drug-likeness (QED) is 0.714. The van der Waals surface area contributed by atoms with Crippen LogP contribution in [0, 0.1) is 0 Å². The Kier molecular flexibility index (Phi) is 6.41. The van der Waals surface area contributed by atoms with Crippen molar-refractivity contribution in [2.75, 3.05) is 20.8 Å². The van der Waals surface area contributed by atoms with E-state index >= 15 is 0 Å². The number of hydrogen-bond acceptors (Lipinski definition) is 6. The van der Waals surface area contributed by atoms with Gasteiger partial charge in [0.1, 0.15) is 5.82 Å². The predicted molar refractivity (Wildman–Crippen MR) is 97.9 cm³/mol. The van der Waals surface area contributed by atoms with E-state index in [1.165, 1.54) is 26.4 Å². The van der Waals surface area contributed by atoms with Gasteiger partial charge in [0, 0.05) is 12.6 Å². The number of rotatable bonds is 7. The first-order chi connectivity index (χ1) is 13.4. The number of fused-ring (bicyclic) bond motifs is 1. The average molecular weight is 417 g/mol. The molecule has 0 saturated carbocycles. The number of aromatic amines is 1. The van der Waals surface area contributed by atoms with E-state index in [1.807, 2.05) is 0 Å². The molecule has 0 spiro atoms. The normalized spacial score (nSPS) is 13.8. The lowest BCUT2D eigenvalue weighted by Gasteiger charge is -2.29. The Hall–Kier alpha value is -2.82. The molecule has 0 aliphatic carbocycles. The molecule has 0 aliphatic rings. The van der Waals surface area contributed by atoms with Crippen molar-refractivity contribution in [1.82, 2.24) is 14.9 Å². The summed E-state index contributed by atoms with van der Waals surface area (Å²) in [7, 11) is 2.84. The SMILES string of the molecule is CCN(Cc1nc2cc(OC)c(OC)cc2c(=O)[nH]1)C(=O)C[C@](C)(O)C(F)(F)F. The summed E-state index contributed by atoms with van der Waals surface area (Å²) >= 11 is 0. The van der Waals surface area contributed by atoms with Crippen LogP contribution in [0.2, 0.25) is 0 Å². The Morgan fingerprint density at radius 2 is 1.83 bits per heavy atom. The lowest BCUT2D eigenvalue weighted by atomic mass is 10.0. The molecule has 1 heterocycles. The van der Waals surface area contributed by atoms with E-state index in [-0.39, 0.29) is 29.8 Å². The highest BCUT2D eigenvalue weighted by Gasteiger charge is 2.51. The van der Waals surface area contributed by atoms with Gasteiger partial charge in [0.05, 0.1) is 38.1 Å². The Morgan fingerprint density at radius 3 is 2.34 bits per heavy atom. The van der Waals surface area contributed by atoms with Gasteiger partial charge in [-0.05, 0) is 19.9 Å². The molecule has 29 heavy (non-hydrogen) atoms. The minimum atomic E-state index is -4.95. The molecular weight excluding hydrogens is 395 g/mol. The number of alkyl halides is 3. The van der Waals surface area contributed by atoms with E-state index in [1.54, 1.807) is 6.92 Å². The standard InChI is InChI=1S/C18H22F3N3O5/c1-5-24(15(25)8-17(2,27)18(19,20)21)9-14-22-11-7-13(29-4)12(28-3)6-10(11)16(26)23-14/h6-7,27H,5,8-9H2,1-4H3,(H,22,23,26)/t17-/m0/s1. The third kappa shape index (κ3) is 4.78. The highest BCUT2D eigenvalue weighted by Crippen LogP contribution is 2.33. The van der Waals surface area contributed by atoms with Crippen molar-refractivity contribution in [3.63, 3.8) is 0 Å². The molecule has 2 rings (SSSR count). The van der Waals surface area contributed by atoms with E-state index in [9.17, 15) is 27.9 Å². The monoisotopic (exact) mass is 417 g/mol. The summed E-state index contributed by atoms with van der Waals surface area (Å²) in [4.78, 5) is 32.5. The first kappa shape index (κ1) is 22.5. The second-order valence-corrected chi connectivity index (χ2v) is 6.59. The number of hydrogen-bond donors (Lipinski definition) is 2. The van der Waals surface area contributed by atoms with Crippen LogP contribution in [0.5, 0.6) is 11.5 Å².